The van der Waals surface area contributed by atoms with E-state index < -0.39 is 0 Å². The van der Waals surface area contributed by atoms with E-state index in [2.05, 4.69) is 59.8 Å². The Bertz CT molecular complexity index is 835. The summed E-state index contributed by atoms with van der Waals surface area (Å²) in [6.45, 7) is 14.1. The minimum Gasteiger partial charge on any atom is -0.369 e. The molecule has 2 heterocycles. The zero-order valence-electron chi connectivity index (χ0n) is 19.5. The number of benzene rings is 1. The average Bonchev–Trinajstić information content (AvgIpc) is 2.76. The van der Waals surface area contributed by atoms with Gasteiger partial charge in [-0.25, -0.2) is 9.97 Å². The molecule has 31 heavy (non-hydrogen) atoms. The second kappa shape index (κ2) is 10.7. The first-order valence-corrected chi connectivity index (χ1v) is 11.3. The van der Waals surface area contributed by atoms with Gasteiger partial charge in [-0.1, -0.05) is 12.1 Å². The summed E-state index contributed by atoms with van der Waals surface area (Å²) in [5.41, 5.74) is 1.62. The van der Waals surface area contributed by atoms with Crippen LogP contribution in [-0.4, -0.2) is 89.0 Å². The van der Waals surface area contributed by atoms with Gasteiger partial charge in [0.1, 0.15) is 5.82 Å². The molecular weight excluding hydrogens is 388 g/mol. The minimum absolute atomic E-state index is 0.0934. The number of rotatable bonds is 8. The second-order valence-corrected chi connectivity index (χ2v) is 8.79. The molecule has 0 aliphatic carbocycles. The largest absolute Gasteiger partial charge is 0.369 e. The summed E-state index contributed by atoms with van der Waals surface area (Å²) in [4.78, 5) is 28.4. The highest BCUT2D eigenvalue weighted by Gasteiger charge is 2.20. The zero-order valence-corrected chi connectivity index (χ0v) is 19.5. The third-order valence-electron chi connectivity index (χ3n) is 5.84. The first-order valence-electron chi connectivity index (χ1n) is 11.3. The molecular formula is C24H36N6O. The normalized spacial score (nSPS) is 15.2. The Balaban J connectivity index is 1.61. The van der Waals surface area contributed by atoms with Gasteiger partial charge in [-0.15, -0.1) is 0 Å². The van der Waals surface area contributed by atoms with Crippen molar-refractivity contribution < 1.29 is 4.79 Å². The van der Waals surface area contributed by atoms with Gasteiger partial charge in [0.2, 0.25) is 0 Å². The number of nitrogens with zero attached hydrogens (tertiary/aromatic N) is 5. The van der Waals surface area contributed by atoms with Crippen molar-refractivity contribution in [2.45, 2.75) is 39.8 Å². The predicted molar refractivity (Wildman–Crippen MR) is 126 cm³/mol. The fourth-order valence-corrected chi connectivity index (χ4v) is 3.98. The topological polar surface area (TPSA) is 64.6 Å². The second-order valence-electron chi connectivity index (χ2n) is 8.79. The van der Waals surface area contributed by atoms with Gasteiger partial charge in [0.15, 0.2) is 5.82 Å². The molecule has 0 unspecified atom stereocenters. The Kier molecular flexibility index (Phi) is 7.98. The number of aromatic nitrogens is 2. The fraction of sp³-hybridized carbons (Fsp3) is 0.542. The lowest BCUT2D eigenvalue weighted by molar-refractivity contribution is 0.0664. The molecule has 1 N–H and O–H groups in total. The van der Waals surface area contributed by atoms with Gasteiger partial charge in [0.25, 0.3) is 5.91 Å². The maximum absolute atomic E-state index is 12.7. The van der Waals surface area contributed by atoms with Gasteiger partial charge in [-0.05, 0) is 52.9 Å². The van der Waals surface area contributed by atoms with Crippen LogP contribution in [0.4, 0.5) is 5.82 Å². The molecule has 1 amide bonds. The number of hydrogen-bond donors (Lipinski definition) is 1. The SMILES string of the molecule is CC(C)N(CCNc1ccnc(-c2ccc(C(=O)N3CCN(C)CC3)cc2)n1)C(C)C. The molecule has 1 saturated heterocycles. The van der Waals surface area contributed by atoms with Crippen LogP contribution in [0.2, 0.25) is 0 Å². The van der Waals surface area contributed by atoms with E-state index in [4.69, 9.17) is 0 Å². The molecule has 0 atom stereocenters. The molecule has 0 bridgehead atoms. The number of nitrogens with one attached hydrogen (secondary N) is 1. The van der Waals surface area contributed by atoms with Crippen molar-refractivity contribution in [1.82, 2.24) is 24.7 Å². The molecule has 2 aromatic rings. The van der Waals surface area contributed by atoms with Crippen LogP contribution in [0.3, 0.4) is 0 Å². The van der Waals surface area contributed by atoms with Crippen molar-refractivity contribution >= 4 is 11.7 Å². The molecule has 3 rings (SSSR count). The Morgan fingerprint density at radius 3 is 2.29 bits per heavy atom. The summed E-state index contributed by atoms with van der Waals surface area (Å²) in [5.74, 6) is 1.57. The van der Waals surface area contributed by atoms with Gasteiger partial charge < -0.3 is 15.1 Å². The predicted octanol–water partition coefficient (Wildman–Crippen LogP) is 3.06. The molecule has 7 nitrogen and oxygen atoms in total. The monoisotopic (exact) mass is 424 g/mol. The lowest BCUT2D eigenvalue weighted by Gasteiger charge is -2.32. The first-order chi connectivity index (χ1) is 14.8. The van der Waals surface area contributed by atoms with Crippen molar-refractivity contribution in [2.75, 3.05) is 51.6 Å². The highest BCUT2D eigenvalue weighted by Crippen LogP contribution is 2.18. The van der Waals surface area contributed by atoms with E-state index in [9.17, 15) is 4.79 Å². The van der Waals surface area contributed by atoms with Gasteiger partial charge in [0.05, 0.1) is 0 Å². The standard InChI is InChI=1S/C24H36N6O/c1-18(2)30(19(3)4)13-12-25-22-10-11-26-23(27-22)20-6-8-21(9-7-20)24(31)29-16-14-28(5)15-17-29/h6-11,18-19H,12-17H2,1-5H3,(H,25,26,27). The molecule has 168 valence electrons. The number of hydrogen-bond acceptors (Lipinski definition) is 6. The smallest absolute Gasteiger partial charge is 0.253 e. The van der Waals surface area contributed by atoms with E-state index >= 15 is 0 Å². The number of anilines is 1. The molecule has 1 aromatic heterocycles. The van der Waals surface area contributed by atoms with E-state index in [0.717, 1.165) is 50.6 Å². The van der Waals surface area contributed by atoms with Crippen molar-refractivity contribution in [3.8, 4) is 11.4 Å². The van der Waals surface area contributed by atoms with Crippen LogP contribution in [0.25, 0.3) is 11.4 Å². The van der Waals surface area contributed by atoms with Crippen LogP contribution in [0.5, 0.6) is 0 Å². The Morgan fingerprint density at radius 2 is 1.68 bits per heavy atom. The van der Waals surface area contributed by atoms with E-state index in [0.29, 0.717) is 23.5 Å². The van der Waals surface area contributed by atoms with Crippen LogP contribution >= 0.6 is 0 Å². The number of likely N-dealkylation sites (N-methyl/N-ethyl adjacent to an activating group) is 1. The maximum Gasteiger partial charge on any atom is 0.253 e. The van der Waals surface area contributed by atoms with E-state index in [1.165, 1.54) is 0 Å². The van der Waals surface area contributed by atoms with Crippen LogP contribution < -0.4 is 5.32 Å². The van der Waals surface area contributed by atoms with E-state index in [1.54, 1.807) is 6.20 Å². The van der Waals surface area contributed by atoms with Crippen LogP contribution in [-0.2, 0) is 0 Å². The van der Waals surface area contributed by atoms with E-state index in [1.807, 2.05) is 35.2 Å². The molecule has 0 spiro atoms. The van der Waals surface area contributed by atoms with Crippen molar-refractivity contribution in [2.24, 2.45) is 0 Å². The van der Waals surface area contributed by atoms with Crippen LogP contribution in [0.15, 0.2) is 36.5 Å². The maximum atomic E-state index is 12.7. The highest BCUT2D eigenvalue weighted by molar-refractivity contribution is 5.94. The molecule has 1 aliphatic heterocycles. The molecule has 1 fully saturated rings. The number of carbonyl (C=O) groups excluding carboxylic acids is 1. The van der Waals surface area contributed by atoms with Gasteiger partial charge in [0, 0.05) is 68.7 Å². The van der Waals surface area contributed by atoms with Crippen LogP contribution in [0, 0.1) is 0 Å². The molecule has 1 aromatic carbocycles. The lowest BCUT2D eigenvalue weighted by atomic mass is 10.1. The van der Waals surface area contributed by atoms with Gasteiger partial charge in [-0.2, -0.15) is 0 Å². The Labute approximate surface area is 186 Å². The Morgan fingerprint density at radius 1 is 1.03 bits per heavy atom. The summed E-state index contributed by atoms with van der Waals surface area (Å²) >= 11 is 0. The Hall–Kier alpha value is -2.51. The fourth-order valence-electron chi connectivity index (χ4n) is 3.98. The summed E-state index contributed by atoms with van der Waals surface area (Å²) in [7, 11) is 2.09. The highest BCUT2D eigenvalue weighted by atomic mass is 16.2. The zero-order chi connectivity index (χ0) is 22.4. The molecule has 1 aliphatic rings. The number of piperazine rings is 1. The summed E-state index contributed by atoms with van der Waals surface area (Å²) in [5, 5.41) is 3.41. The van der Waals surface area contributed by atoms with Gasteiger partial charge in [-0.3, -0.25) is 9.69 Å². The summed E-state index contributed by atoms with van der Waals surface area (Å²) < 4.78 is 0. The first kappa shape index (κ1) is 23.2. The molecule has 0 radical (unpaired) electrons. The van der Waals surface area contributed by atoms with E-state index in [-0.39, 0.29) is 5.91 Å². The minimum atomic E-state index is 0.0934. The average molecular weight is 425 g/mol. The van der Waals surface area contributed by atoms with Crippen molar-refractivity contribution in [1.29, 1.82) is 0 Å². The number of amides is 1. The van der Waals surface area contributed by atoms with Crippen molar-refractivity contribution in [3.05, 3.63) is 42.1 Å². The van der Waals surface area contributed by atoms with Gasteiger partial charge >= 0.3 is 0 Å². The quantitative estimate of drug-likeness (QED) is 0.703. The third kappa shape index (κ3) is 6.24. The summed E-state index contributed by atoms with van der Waals surface area (Å²) in [6.07, 6.45) is 1.77. The molecule has 7 heteroatoms. The van der Waals surface area contributed by atoms with Crippen LogP contribution in [0.1, 0.15) is 38.1 Å². The number of carbonyl (C=O) groups is 1. The summed E-state index contributed by atoms with van der Waals surface area (Å²) in [6, 6.07) is 10.5. The van der Waals surface area contributed by atoms with Crippen molar-refractivity contribution in [3.63, 3.8) is 0 Å². The third-order valence-corrected chi connectivity index (χ3v) is 5.84. The lowest BCUT2D eigenvalue weighted by Crippen LogP contribution is -2.47. The molecule has 0 saturated carbocycles.